The smallest absolute Gasteiger partial charge is 0.254 e. The van der Waals surface area contributed by atoms with Crippen LogP contribution < -0.4 is 5.73 Å². The number of aromatic nitrogens is 3. The van der Waals surface area contributed by atoms with Crippen LogP contribution in [0.15, 0.2) is 42.6 Å². The molecule has 28 heavy (non-hydrogen) atoms. The summed E-state index contributed by atoms with van der Waals surface area (Å²) in [7, 11) is 1.84. The number of benzene rings is 1. The average Bonchev–Trinajstić information content (AvgIpc) is 3.25. The minimum Gasteiger partial charge on any atom is -0.338 e. The van der Waals surface area contributed by atoms with E-state index in [1.165, 1.54) is 5.56 Å². The lowest BCUT2D eigenvalue weighted by Gasteiger charge is -2.17. The lowest BCUT2D eigenvalue weighted by atomic mass is 9.89. The fraction of sp³-hybridized carbons (Fsp3) is 0.350. The van der Waals surface area contributed by atoms with Crippen molar-refractivity contribution in [3.63, 3.8) is 0 Å². The summed E-state index contributed by atoms with van der Waals surface area (Å²) >= 11 is 0. The highest BCUT2D eigenvalue weighted by Gasteiger charge is 2.36. The first kappa shape index (κ1) is 22.1. The highest BCUT2D eigenvalue weighted by molar-refractivity contribution is 6.05. The second-order valence-corrected chi connectivity index (χ2v) is 7.04. The summed E-state index contributed by atoms with van der Waals surface area (Å²) in [5.74, 6) is 0.580. The number of likely N-dealkylation sites (tertiary alicyclic amines) is 1. The minimum absolute atomic E-state index is 0. The molecule has 1 aliphatic heterocycles. The summed E-state index contributed by atoms with van der Waals surface area (Å²) in [4.78, 5) is 19.7. The van der Waals surface area contributed by atoms with Gasteiger partial charge in [-0.3, -0.25) is 9.48 Å². The molecule has 6 nitrogen and oxygen atoms in total. The number of nitrogens with zero attached hydrogens (tertiary/aromatic N) is 4. The zero-order valence-electron chi connectivity index (χ0n) is 15.9. The van der Waals surface area contributed by atoms with Crippen molar-refractivity contribution in [1.29, 1.82) is 0 Å². The first-order valence-electron chi connectivity index (χ1n) is 8.92. The third kappa shape index (κ3) is 3.85. The van der Waals surface area contributed by atoms with E-state index >= 15 is 0 Å². The summed E-state index contributed by atoms with van der Waals surface area (Å²) < 4.78 is 1.71. The van der Waals surface area contributed by atoms with E-state index in [0.29, 0.717) is 25.2 Å². The molecule has 150 valence electrons. The Hall–Kier alpha value is -2.15. The average molecular weight is 422 g/mol. The lowest BCUT2D eigenvalue weighted by Crippen LogP contribution is -2.30. The fourth-order valence-electron chi connectivity index (χ4n) is 3.94. The molecule has 4 rings (SSSR count). The van der Waals surface area contributed by atoms with Crippen molar-refractivity contribution < 1.29 is 4.79 Å². The van der Waals surface area contributed by atoms with Crippen LogP contribution in [0.2, 0.25) is 0 Å². The van der Waals surface area contributed by atoms with Crippen molar-refractivity contribution in [2.75, 3.05) is 19.6 Å². The van der Waals surface area contributed by atoms with Gasteiger partial charge in [-0.2, -0.15) is 5.10 Å². The molecule has 0 bridgehead atoms. The molecule has 1 aromatic carbocycles. The van der Waals surface area contributed by atoms with E-state index < -0.39 is 0 Å². The summed E-state index contributed by atoms with van der Waals surface area (Å²) in [5, 5.41) is 5.07. The van der Waals surface area contributed by atoms with Crippen molar-refractivity contribution in [3.8, 4) is 0 Å². The number of fused-ring (bicyclic) bond motifs is 1. The maximum atomic E-state index is 13.3. The molecule has 0 aliphatic carbocycles. The van der Waals surface area contributed by atoms with Crippen molar-refractivity contribution in [1.82, 2.24) is 19.7 Å². The summed E-state index contributed by atoms with van der Waals surface area (Å²) in [6.45, 7) is 3.84. The second kappa shape index (κ2) is 8.90. The van der Waals surface area contributed by atoms with Gasteiger partial charge in [0.25, 0.3) is 5.91 Å². The number of carbonyl (C=O) groups is 1. The second-order valence-electron chi connectivity index (χ2n) is 7.04. The van der Waals surface area contributed by atoms with E-state index in [4.69, 9.17) is 5.73 Å². The van der Waals surface area contributed by atoms with E-state index in [0.717, 1.165) is 16.7 Å². The normalized spacial score (nSPS) is 18.6. The quantitative estimate of drug-likeness (QED) is 0.704. The molecule has 8 heteroatoms. The number of hydrogen-bond donors (Lipinski definition) is 1. The Bertz CT molecular complexity index is 960. The number of halogens is 2. The van der Waals surface area contributed by atoms with Crippen LogP contribution in [0.25, 0.3) is 11.0 Å². The Labute approximate surface area is 176 Å². The van der Waals surface area contributed by atoms with Crippen LogP contribution in [-0.2, 0) is 7.05 Å². The molecule has 3 aromatic rings. The molecular weight excluding hydrogens is 397 g/mol. The molecule has 3 heterocycles. The van der Waals surface area contributed by atoms with Gasteiger partial charge in [-0.05, 0) is 31.0 Å². The first-order chi connectivity index (χ1) is 12.6. The summed E-state index contributed by atoms with van der Waals surface area (Å²) in [5.41, 5.74) is 9.49. The minimum atomic E-state index is 0. The monoisotopic (exact) mass is 421 g/mol. The van der Waals surface area contributed by atoms with Crippen LogP contribution in [-0.4, -0.2) is 45.2 Å². The van der Waals surface area contributed by atoms with Crippen LogP contribution in [0.1, 0.15) is 27.5 Å². The Morgan fingerprint density at radius 2 is 1.93 bits per heavy atom. The van der Waals surface area contributed by atoms with Gasteiger partial charge >= 0.3 is 0 Å². The fourth-order valence-corrected chi connectivity index (χ4v) is 3.94. The molecule has 0 saturated carbocycles. The van der Waals surface area contributed by atoms with Gasteiger partial charge in [0.1, 0.15) is 0 Å². The van der Waals surface area contributed by atoms with Crippen LogP contribution >= 0.6 is 24.8 Å². The highest BCUT2D eigenvalue weighted by atomic mass is 35.5. The Kier molecular flexibility index (Phi) is 7.04. The lowest BCUT2D eigenvalue weighted by molar-refractivity contribution is 0.0788. The summed E-state index contributed by atoms with van der Waals surface area (Å²) in [6.07, 6.45) is 1.72. The van der Waals surface area contributed by atoms with Gasteiger partial charge in [-0.1, -0.05) is 30.3 Å². The molecule has 2 aromatic heterocycles. The van der Waals surface area contributed by atoms with Gasteiger partial charge in [-0.25, -0.2) is 4.98 Å². The van der Waals surface area contributed by atoms with E-state index in [-0.39, 0.29) is 42.6 Å². The van der Waals surface area contributed by atoms with Gasteiger partial charge < -0.3 is 10.6 Å². The molecule has 2 atom stereocenters. The van der Waals surface area contributed by atoms with Crippen LogP contribution in [0.5, 0.6) is 0 Å². The molecule has 0 radical (unpaired) electrons. The number of amides is 1. The van der Waals surface area contributed by atoms with Crippen LogP contribution in [0.4, 0.5) is 0 Å². The van der Waals surface area contributed by atoms with Crippen molar-refractivity contribution >= 4 is 41.8 Å². The molecule has 2 N–H and O–H groups in total. The number of carbonyl (C=O) groups excluding carboxylic acids is 1. The third-order valence-corrected chi connectivity index (χ3v) is 5.32. The van der Waals surface area contributed by atoms with Gasteiger partial charge in [0.05, 0.1) is 17.1 Å². The van der Waals surface area contributed by atoms with E-state index in [9.17, 15) is 4.79 Å². The van der Waals surface area contributed by atoms with E-state index in [1.807, 2.05) is 43.1 Å². The molecule has 1 fully saturated rings. The van der Waals surface area contributed by atoms with E-state index in [1.54, 1.807) is 10.9 Å². The largest absolute Gasteiger partial charge is 0.338 e. The number of rotatable bonds is 3. The number of pyridine rings is 1. The first-order valence-corrected chi connectivity index (χ1v) is 8.92. The van der Waals surface area contributed by atoms with Crippen LogP contribution in [0, 0.1) is 12.8 Å². The Morgan fingerprint density at radius 1 is 1.21 bits per heavy atom. The number of hydrogen-bond acceptors (Lipinski definition) is 4. The zero-order valence-corrected chi connectivity index (χ0v) is 17.5. The third-order valence-electron chi connectivity index (χ3n) is 5.32. The SMILES string of the molecule is Cc1cc(C(=O)N2C[C@@H](CN)[C@H](c3ccccc3)C2)c2cnn(C)c2n1.Cl.Cl. The van der Waals surface area contributed by atoms with Gasteiger partial charge in [-0.15, -0.1) is 24.8 Å². The molecule has 0 unspecified atom stereocenters. The van der Waals surface area contributed by atoms with Gasteiger partial charge in [0, 0.05) is 31.7 Å². The predicted octanol–water partition coefficient (Wildman–Crippen LogP) is 2.93. The zero-order chi connectivity index (χ0) is 18.3. The summed E-state index contributed by atoms with van der Waals surface area (Å²) in [6, 6.07) is 12.2. The van der Waals surface area contributed by atoms with Crippen molar-refractivity contribution in [3.05, 3.63) is 59.4 Å². The maximum Gasteiger partial charge on any atom is 0.254 e. The van der Waals surface area contributed by atoms with Crippen molar-refractivity contribution in [2.24, 2.45) is 18.7 Å². The highest BCUT2D eigenvalue weighted by Crippen LogP contribution is 2.33. The molecule has 1 aliphatic rings. The number of aryl methyl sites for hydroxylation is 2. The molecule has 1 saturated heterocycles. The van der Waals surface area contributed by atoms with E-state index in [2.05, 4.69) is 22.2 Å². The maximum absolute atomic E-state index is 13.3. The van der Waals surface area contributed by atoms with Crippen LogP contribution in [0.3, 0.4) is 0 Å². The molecule has 0 spiro atoms. The molecular formula is C20H25Cl2N5O. The Balaban J connectivity index is 0.00000140. The Morgan fingerprint density at radius 3 is 2.61 bits per heavy atom. The predicted molar refractivity (Wildman–Crippen MR) is 115 cm³/mol. The standard InChI is InChI=1S/C20H23N5O.2ClH/c1-13-8-16(17-10-22-24(2)19(17)23-13)20(26)25-11-15(9-21)18(12-25)14-6-4-3-5-7-14;;/h3-8,10,15,18H,9,11-12,21H2,1-2H3;2*1H/t15-,18+;;/m1../s1. The van der Waals surface area contributed by atoms with Crippen molar-refractivity contribution in [2.45, 2.75) is 12.8 Å². The number of nitrogens with two attached hydrogens (primary N) is 1. The molecule has 1 amide bonds. The van der Waals surface area contributed by atoms with Gasteiger partial charge in [0.2, 0.25) is 0 Å². The topological polar surface area (TPSA) is 77.0 Å². The van der Waals surface area contributed by atoms with Gasteiger partial charge in [0.15, 0.2) is 5.65 Å².